The van der Waals surface area contributed by atoms with Crippen LogP contribution in [0.3, 0.4) is 0 Å². The number of aliphatic hydroxyl groups is 1. The fourth-order valence-electron chi connectivity index (χ4n) is 1.78. The number of hydrogen-bond donors (Lipinski definition) is 3. The second-order valence-electron chi connectivity index (χ2n) is 4.52. The summed E-state index contributed by atoms with van der Waals surface area (Å²) in [6.45, 7) is 1.45. The molecule has 0 unspecified atom stereocenters. The first-order valence-corrected chi connectivity index (χ1v) is 7.04. The summed E-state index contributed by atoms with van der Waals surface area (Å²) >= 11 is 0. The first-order valence-electron chi connectivity index (χ1n) is 7.04. The molecule has 1 aromatic heterocycles. The van der Waals surface area contributed by atoms with E-state index in [2.05, 4.69) is 15.6 Å². The minimum atomic E-state index is -0.166. The number of hydrogen-bond acceptors (Lipinski definition) is 5. The molecule has 0 spiro atoms. The fourth-order valence-corrected chi connectivity index (χ4v) is 1.78. The summed E-state index contributed by atoms with van der Waals surface area (Å²) < 4.78 is 5.13. The molecule has 0 aliphatic heterocycles. The minimum absolute atomic E-state index is 0.0219. The van der Waals surface area contributed by atoms with E-state index in [1.807, 2.05) is 18.2 Å². The third-order valence-electron chi connectivity index (χ3n) is 2.85. The molecule has 22 heavy (non-hydrogen) atoms. The molecule has 0 aliphatic rings. The van der Waals surface area contributed by atoms with Crippen molar-refractivity contribution in [1.29, 1.82) is 0 Å². The van der Waals surface area contributed by atoms with Crippen LogP contribution in [0, 0.1) is 0 Å². The van der Waals surface area contributed by atoms with Gasteiger partial charge < -0.3 is 20.5 Å². The second-order valence-corrected chi connectivity index (χ2v) is 4.52. The van der Waals surface area contributed by atoms with E-state index < -0.39 is 0 Å². The highest BCUT2D eigenvalue weighted by Gasteiger charge is 2.05. The van der Waals surface area contributed by atoms with Gasteiger partial charge in [0.15, 0.2) is 0 Å². The highest BCUT2D eigenvalue weighted by molar-refractivity contribution is 6.04. The van der Waals surface area contributed by atoms with Gasteiger partial charge in [-0.05, 0) is 24.3 Å². The molecule has 0 aliphatic carbocycles. The Labute approximate surface area is 129 Å². The number of nitrogens with zero attached hydrogens (tertiary/aromatic N) is 1. The maximum absolute atomic E-state index is 12.0. The molecule has 1 heterocycles. The van der Waals surface area contributed by atoms with Gasteiger partial charge in [-0.1, -0.05) is 18.2 Å². The Bertz CT molecular complexity index is 573. The Balaban J connectivity index is 1.80. The summed E-state index contributed by atoms with van der Waals surface area (Å²) in [5.74, 6) is 0.533. The Kier molecular flexibility index (Phi) is 6.35. The average Bonchev–Trinajstić information content (AvgIpc) is 2.57. The molecule has 6 nitrogen and oxygen atoms in total. The van der Waals surface area contributed by atoms with Gasteiger partial charge in [0.25, 0.3) is 5.91 Å². The smallest absolute Gasteiger partial charge is 0.255 e. The first-order chi connectivity index (χ1) is 10.8. The van der Waals surface area contributed by atoms with Crippen LogP contribution >= 0.6 is 0 Å². The second kappa shape index (κ2) is 8.76. The number of aliphatic hydroxyl groups excluding tert-OH is 1. The number of aromatic nitrogens is 1. The lowest BCUT2D eigenvalue weighted by molar-refractivity contribution is 0.0992. The lowest BCUT2D eigenvalue weighted by Crippen LogP contribution is -2.13. The summed E-state index contributed by atoms with van der Waals surface area (Å²) in [7, 11) is 0. The number of carbonyl (C=O) groups excluding carboxylic acids is 1. The van der Waals surface area contributed by atoms with Crippen LogP contribution in [0.4, 0.5) is 11.5 Å². The Morgan fingerprint density at radius 1 is 1.14 bits per heavy atom. The fraction of sp³-hybridized carbons (Fsp3) is 0.250. The predicted molar refractivity (Wildman–Crippen MR) is 85.0 cm³/mol. The topological polar surface area (TPSA) is 83.5 Å². The zero-order chi connectivity index (χ0) is 15.6. The van der Waals surface area contributed by atoms with Crippen LogP contribution in [0.25, 0.3) is 0 Å². The number of rotatable bonds is 8. The summed E-state index contributed by atoms with van der Waals surface area (Å²) in [5.41, 5.74) is 1.24. The molecule has 2 rings (SSSR count). The molecule has 0 fully saturated rings. The van der Waals surface area contributed by atoms with E-state index in [0.717, 1.165) is 0 Å². The Hall–Kier alpha value is -2.44. The van der Waals surface area contributed by atoms with Crippen molar-refractivity contribution in [3.05, 3.63) is 54.2 Å². The van der Waals surface area contributed by atoms with Crippen LogP contribution in [0.15, 0.2) is 48.7 Å². The van der Waals surface area contributed by atoms with Gasteiger partial charge >= 0.3 is 0 Å². The molecule has 0 saturated heterocycles. The number of nitrogens with one attached hydrogen (secondary N) is 2. The van der Waals surface area contributed by atoms with E-state index >= 15 is 0 Å². The van der Waals surface area contributed by atoms with E-state index in [4.69, 9.17) is 9.84 Å². The summed E-state index contributed by atoms with van der Waals surface area (Å²) in [4.78, 5) is 16.2. The van der Waals surface area contributed by atoms with Crippen molar-refractivity contribution < 1.29 is 14.6 Å². The normalized spacial score (nSPS) is 10.2. The zero-order valence-electron chi connectivity index (χ0n) is 12.2. The molecule has 1 amide bonds. The highest BCUT2D eigenvalue weighted by atomic mass is 16.5. The van der Waals surface area contributed by atoms with Gasteiger partial charge in [0, 0.05) is 12.1 Å². The van der Waals surface area contributed by atoms with Crippen LogP contribution < -0.4 is 10.6 Å². The molecule has 0 saturated carbocycles. The highest BCUT2D eigenvalue weighted by Crippen LogP contribution is 2.11. The van der Waals surface area contributed by atoms with Gasteiger partial charge in [-0.2, -0.15) is 0 Å². The van der Waals surface area contributed by atoms with Gasteiger partial charge in [-0.3, -0.25) is 4.79 Å². The standard InChI is InChI=1S/C16H19N3O3/c20-9-11-22-10-8-17-15-7-6-14(12-18-15)19-16(21)13-4-2-1-3-5-13/h1-7,12,20H,8-11H2,(H,17,18)(H,19,21). The molecular weight excluding hydrogens is 282 g/mol. The molecule has 0 radical (unpaired) electrons. The van der Waals surface area contributed by atoms with E-state index in [0.29, 0.717) is 36.8 Å². The van der Waals surface area contributed by atoms with Crippen molar-refractivity contribution in [2.45, 2.75) is 0 Å². The minimum Gasteiger partial charge on any atom is -0.394 e. The first kappa shape index (κ1) is 15.9. The number of benzene rings is 1. The molecule has 3 N–H and O–H groups in total. The van der Waals surface area contributed by atoms with Gasteiger partial charge in [-0.15, -0.1) is 0 Å². The van der Waals surface area contributed by atoms with Crippen LogP contribution in [-0.4, -0.2) is 42.4 Å². The van der Waals surface area contributed by atoms with Crippen LogP contribution in [0.1, 0.15) is 10.4 Å². The molecular formula is C16H19N3O3. The monoisotopic (exact) mass is 301 g/mol. The number of carbonyl (C=O) groups is 1. The predicted octanol–water partition coefficient (Wildman–Crippen LogP) is 1.75. The van der Waals surface area contributed by atoms with E-state index in [-0.39, 0.29) is 12.5 Å². The number of anilines is 2. The summed E-state index contributed by atoms with van der Waals surface area (Å²) in [6, 6.07) is 12.6. The number of amides is 1. The lowest BCUT2D eigenvalue weighted by Gasteiger charge is -2.08. The number of ether oxygens (including phenoxy) is 1. The zero-order valence-corrected chi connectivity index (χ0v) is 12.2. The maximum atomic E-state index is 12.0. The van der Waals surface area contributed by atoms with Crippen molar-refractivity contribution in [3.63, 3.8) is 0 Å². The third-order valence-corrected chi connectivity index (χ3v) is 2.85. The van der Waals surface area contributed by atoms with Crippen LogP contribution in [-0.2, 0) is 4.74 Å². The van der Waals surface area contributed by atoms with Gasteiger partial charge in [0.2, 0.25) is 0 Å². The van der Waals surface area contributed by atoms with Crippen molar-refractivity contribution in [1.82, 2.24) is 4.98 Å². The Morgan fingerprint density at radius 3 is 2.64 bits per heavy atom. The van der Waals surface area contributed by atoms with E-state index in [9.17, 15) is 4.79 Å². The van der Waals surface area contributed by atoms with Gasteiger partial charge in [0.05, 0.1) is 31.7 Å². The SMILES string of the molecule is O=C(Nc1ccc(NCCOCCO)nc1)c1ccccc1. The molecule has 6 heteroatoms. The number of pyridine rings is 1. The van der Waals surface area contributed by atoms with Gasteiger partial charge in [0.1, 0.15) is 5.82 Å². The lowest BCUT2D eigenvalue weighted by atomic mass is 10.2. The molecule has 0 bridgehead atoms. The largest absolute Gasteiger partial charge is 0.394 e. The average molecular weight is 301 g/mol. The van der Waals surface area contributed by atoms with Crippen LogP contribution in [0.2, 0.25) is 0 Å². The maximum Gasteiger partial charge on any atom is 0.255 e. The molecule has 1 aromatic carbocycles. The Morgan fingerprint density at radius 2 is 1.95 bits per heavy atom. The van der Waals surface area contributed by atoms with E-state index in [1.165, 1.54) is 0 Å². The van der Waals surface area contributed by atoms with E-state index in [1.54, 1.807) is 30.5 Å². The van der Waals surface area contributed by atoms with Crippen molar-refractivity contribution in [2.75, 3.05) is 37.0 Å². The molecule has 116 valence electrons. The summed E-state index contributed by atoms with van der Waals surface area (Å²) in [5, 5.41) is 14.4. The van der Waals surface area contributed by atoms with Gasteiger partial charge in [-0.25, -0.2) is 4.98 Å². The van der Waals surface area contributed by atoms with Crippen LogP contribution in [0.5, 0.6) is 0 Å². The van der Waals surface area contributed by atoms with Crippen molar-refractivity contribution in [3.8, 4) is 0 Å². The van der Waals surface area contributed by atoms with Crippen molar-refractivity contribution in [2.24, 2.45) is 0 Å². The third kappa shape index (κ3) is 5.16. The molecule has 2 aromatic rings. The molecule has 0 atom stereocenters. The quantitative estimate of drug-likeness (QED) is 0.647. The summed E-state index contributed by atoms with van der Waals surface area (Å²) in [6.07, 6.45) is 1.59. The van der Waals surface area contributed by atoms with Crippen molar-refractivity contribution >= 4 is 17.4 Å².